The summed E-state index contributed by atoms with van der Waals surface area (Å²) in [4.78, 5) is 0. The quantitative estimate of drug-likeness (QED) is 0.456. The van der Waals surface area contributed by atoms with Crippen LogP contribution in [0, 0.1) is 0 Å². The minimum Gasteiger partial charge on any atom is -0.243 e. The molecule has 1 atom stereocenters. The lowest BCUT2D eigenvalue weighted by Gasteiger charge is -1.95. The van der Waals surface area contributed by atoms with E-state index in [2.05, 4.69) is 6.92 Å². The molecule has 0 radical (unpaired) electrons. The van der Waals surface area contributed by atoms with Crippen LogP contribution in [0.25, 0.3) is 0 Å². The maximum Gasteiger partial charge on any atom is 0.114 e. The van der Waals surface area contributed by atoms with Crippen molar-refractivity contribution in [3.63, 3.8) is 0 Å². The molecular weight excluding hydrogens is 168 g/mol. The fourth-order valence-corrected chi connectivity index (χ4v) is 1.58. The predicted octanol–water partition coefficient (Wildman–Crippen LogP) is 2.86. The Hall–Kier alpha value is 0.440. The SMILES string of the molecule is CCCCCCCS(=O)Cl. The summed E-state index contributed by atoms with van der Waals surface area (Å²) in [6, 6.07) is 0. The molecule has 0 aromatic heterocycles. The van der Waals surface area contributed by atoms with Crippen LogP contribution >= 0.6 is 10.7 Å². The standard InChI is InChI=1S/C7H15ClOS/c1-2-3-4-5-6-7-10(8)9/h2-7H2,1H3. The minimum absolute atomic E-state index is 0.658. The molecule has 0 fully saturated rings. The molecule has 0 rings (SSSR count). The van der Waals surface area contributed by atoms with Gasteiger partial charge in [-0.05, 0) is 17.1 Å². The van der Waals surface area contributed by atoms with Crippen LogP contribution in [-0.4, -0.2) is 9.96 Å². The summed E-state index contributed by atoms with van der Waals surface area (Å²) in [6.45, 7) is 2.18. The van der Waals surface area contributed by atoms with Crippen molar-refractivity contribution in [1.29, 1.82) is 0 Å². The number of rotatable bonds is 6. The van der Waals surface area contributed by atoms with Crippen LogP contribution in [0.1, 0.15) is 39.0 Å². The third-order valence-electron chi connectivity index (χ3n) is 1.41. The molecule has 0 spiro atoms. The Bertz CT molecular complexity index is 95.6. The van der Waals surface area contributed by atoms with Crippen molar-refractivity contribution < 1.29 is 4.21 Å². The molecule has 10 heavy (non-hydrogen) atoms. The summed E-state index contributed by atoms with van der Waals surface area (Å²) in [7, 11) is 4.16. The van der Waals surface area contributed by atoms with Gasteiger partial charge in [0.05, 0.1) is 0 Å². The monoisotopic (exact) mass is 182 g/mol. The van der Waals surface area contributed by atoms with Crippen molar-refractivity contribution in [3.8, 4) is 0 Å². The van der Waals surface area contributed by atoms with Gasteiger partial charge >= 0.3 is 0 Å². The van der Waals surface area contributed by atoms with E-state index in [1.807, 2.05) is 0 Å². The number of hydrogen-bond acceptors (Lipinski definition) is 1. The molecule has 3 heteroatoms. The normalized spacial score (nSPS) is 13.4. The summed E-state index contributed by atoms with van der Waals surface area (Å²) >= 11 is 0. The molecule has 0 saturated carbocycles. The summed E-state index contributed by atoms with van der Waals surface area (Å²) in [6.07, 6.45) is 5.98. The average Bonchev–Trinajstić information content (AvgIpc) is 1.87. The van der Waals surface area contributed by atoms with Crippen LogP contribution in [0.4, 0.5) is 0 Å². The summed E-state index contributed by atoms with van der Waals surface area (Å²) < 4.78 is 10.4. The number of halogens is 1. The highest BCUT2D eigenvalue weighted by atomic mass is 35.7. The first-order valence-electron chi connectivity index (χ1n) is 3.82. The van der Waals surface area contributed by atoms with Crippen molar-refractivity contribution in [3.05, 3.63) is 0 Å². The van der Waals surface area contributed by atoms with Crippen LogP contribution < -0.4 is 0 Å². The Kier molecular flexibility index (Phi) is 7.88. The van der Waals surface area contributed by atoms with E-state index in [-0.39, 0.29) is 0 Å². The highest BCUT2D eigenvalue weighted by Crippen LogP contribution is 2.03. The number of hydrogen-bond donors (Lipinski definition) is 0. The molecule has 1 nitrogen and oxygen atoms in total. The zero-order chi connectivity index (χ0) is 7.82. The second-order valence-corrected chi connectivity index (χ2v) is 4.43. The first kappa shape index (κ1) is 10.4. The third kappa shape index (κ3) is 8.44. The van der Waals surface area contributed by atoms with Crippen LogP contribution in [0.2, 0.25) is 0 Å². The molecule has 0 N–H and O–H groups in total. The largest absolute Gasteiger partial charge is 0.243 e. The molecule has 0 saturated heterocycles. The summed E-state index contributed by atoms with van der Waals surface area (Å²) in [5, 5.41) is 0. The lowest BCUT2D eigenvalue weighted by atomic mass is 10.2. The third-order valence-corrected chi connectivity index (χ3v) is 2.48. The van der Waals surface area contributed by atoms with Gasteiger partial charge in [0.1, 0.15) is 10.0 Å². The van der Waals surface area contributed by atoms with Crippen LogP contribution in [0.15, 0.2) is 0 Å². The van der Waals surface area contributed by atoms with Crippen molar-refractivity contribution >= 4 is 20.7 Å². The van der Waals surface area contributed by atoms with E-state index in [1.165, 1.54) is 25.7 Å². The smallest absolute Gasteiger partial charge is 0.114 e. The Morgan fingerprint density at radius 2 is 1.80 bits per heavy atom. The molecule has 0 aromatic carbocycles. The summed E-state index contributed by atoms with van der Waals surface area (Å²) in [5.74, 6) is 0.658. The Balaban J connectivity index is 2.84. The van der Waals surface area contributed by atoms with E-state index in [9.17, 15) is 4.21 Å². The predicted molar refractivity (Wildman–Crippen MR) is 47.6 cm³/mol. The Morgan fingerprint density at radius 1 is 1.20 bits per heavy atom. The topological polar surface area (TPSA) is 17.1 Å². The van der Waals surface area contributed by atoms with Gasteiger partial charge in [-0.2, -0.15) is 0 Å². The first-order chi connectivity index (χ1) is 4.77. The molecule has 62 valence electrons. The lowest BCUT2D eigenvalue weighted by Crippen LogP contribution is -1.88. The fourth-order valence-electron chi connectivity index (χ4n) is 0.819. The van der Waals surface area contributed by atoms with Crippen molar-refractivity contribution in [2.45, 2.75) is 39.0 Å². The van der Waals surface area contributed by atoms with E-state index in [4.69, 9.17) is 10.7 Å². The lowest BCUT2D eigenvalue weighted by molar-refractivity contribution is 0.651. The van der Waals surface area contributed by atoms with Gasteiger partial charge in [0.25, 0.3) is 0 Å². The minimum atomic E-state index is -1.10. The van der Waals surface area contributed by atoms with Gasteiger partial charge in [0.15, 0.2) is 0 Å². The first-order valence-corrected chi connectivity index (χ1v) is 5.96. The molecule has 0 aliphatic carbocycles. The highest BCUT2D eigenvalue weighted by Gasteiger charge is 1.92. The van der Waals surface area contributed by atoms with Crippen molar-refractivity contribution in [2.24, 2.45) is 0 Å². The van der Waals surface area contributed by atoms with Crippen LogP contribution in [0.3, 0.4) is 0 Å². The van der Waals surface area contributed by atoms with Crippen molar-refractivity contribution in [2.75, 3.05) is 5.75 Å². The molecule has 0 amide bonds. The number of unbranched alkanes of at least 4 members (excludes halogenated alkanes) is 4. The van der Waals surface area contributed by atoms with E-state index in [0.717, 1.165) is 6.42 Å². The molecule has 0 bridgehead atoms. The molecule has 0 aromatic rings. The molecule has 0 heterocycles. The second kappa shape index (κ2) is 7.55. The van der Waals surface area contributed by atoms with Gasteiger partial charge in [0.2, 0.25) is 0 Å². The van der Waals surface area contributed by atoms with Gasteiger partial charge in [-0.1, -0.05) is 32.6 Å². The average molecular weight is 183 g/mol. The van der Waals surface area contributed by atoms with Crippen LogP contribution in [-0.2, 0) is 10.0 Å². The summed E-state index contributed by atoms with van der Waals surface area (Å²) in [5.41, 5.74) is 0. The molecule has 1 unspecified atom stereocenters. The fraction of sp³-hybridized carbons (Fsp3) is 1.00. The second-order valence-electron chi connectivity index (χ2n) is 2.41. The zero-order valence-electron chi connectivity index (χ0n) is 6.44. The maximum absolute atomic E-state index is 10.4. The van der Waals surface area contributed by atoms with Gasteiger partial charge < -0.3 is 0 Å². The molecular formula is C7H15ClOS. The van der Waals surface area contributed by atoms with E-state index >= 15 is 0 Å². The highest BCUT2D eigenvalue weighted by molar-refractivity contribution is 8.08. The van der Waals surface area contributed by atoms with Gasteiger partial charge in [0, 0.05) is 5.75 Å². The van der Waals surface area contributed by atoms with E-state index < -0.39 is 10.0 Å². The Labute approximate surface area is 70.1 Å². The Morgan fingerprint density at radius 3 is 2.30 bits per heavy atom. The van der Waals surface area contributed by atoms with Crippen LogP contribution in [0.5, 0.6) is 0 Å². The van der Waals surface area contributed by atoms with Gasteiger partial charge in [-0.15, -0.1) is 0 Å². The van der Waals surface area contributed by atoms with E-state index in [0.29, 0.717) is 5.75 Å². The van der Waals surface area contributed by atoms with Gasteiger partial charge in [-0.25, -0.2) is 4.21 Å². The van der Waals surface area contributed by atoms with E-state index in [1.54, 1.807) is 0 Å². The molecule has 0 aliphatic rings. The zero-order valence-corrected chi connectivity index (χ0v) is 8.01. The van der Waals surface area contributed by atoms with Crippen molar-refractivity contribution in [1.82, 2.24) is 0 Å². The molecule has 0 aliphatic heterocycles. The maximum atomic E-state index is 10.4. The van der Waals surface area contributed by atoms with Gasteiger partial charge in [-0.3, -0.25) is 0 Å².